The molecule has 1 N–H and O–H groups in total. The zero-order chi connectivity index (χ0) is 15.7. The summed E-state index contributed by atoms with van der Waals surface area (Å²) in [5.41, 5.74) is 1.80. The number of hydrogen-bond acceptors (Lipinski definition) is 4. The molecule has 112 valence electrons. The maximum Gasteiger partial charge on any atom is 0.342 e. The molecule has 1 aromatic rings. The van der Waals surface area contributed by atoms with Crippen LogP contribution >= 0.6 is 34.8 Å². The number of methoxy groups -OCH3 is 1. The van der Waals surface area contributed by atoms with Gasteiger partial charge in [-0.2, -0.15) is 0 Å². The Bertz CT molecular complexity index is 536. The lowest BCUT2D eigenvalue weighted by molar-refractivity contribution is 0.0507. The number of ether oxygens (including phenoxy) is 2. The molecule has 0 saturated heterocycles. The lowest BCUT2D eigenvalue weighted by Crippen LogP contribution is -2.19. The summed E-state index contributed by atoms with van der Waals surface area (Å²) in [7, 11) is 1.41. The summed E-state index contributed by atoms with van der Waals surface area (Å²) in [6, 6.07) is 0. The van der Waals surface area contributed by atoms with E-state index in [0.29, 0.717) is 16.7 Å². The van der Waals surface area contributed by atoms with Crippen LogP contribution in [0.3, 0.4) is 0 Å². The molecular formula is C13H15Cl3O4. The number of rotatable bonds is 3. The third-order valence-corrected chi connectivity index (χ3v) is 3.32. The van der Waals surface area contributed by atoms with E-state index in [1.54, 1.807) is 20.8 Å². The number of carbonyl (C=O) groups is 1. The monoisotopic (exact) mass is 340 g/mol. The Balaban J connectivity index is 3.27. The second-order valence-corrected chi connectivity index (χ2v) is 6.84. The molecule has 0 amide bonds. The number of carbonyl (C=O) groups excluding carboxylic acids is 1. The average Bonchev–Trinajstić information content (AvgIpc) is 2.36. The van der Waals surface area contributed by atoms with Crippen molar-refractivity contribution in [2.75, 3.05) is 13.7 Å². The van der Waals surface area contributed by atoms with Gasteiger partial charge in [-0.25, -0.2) is 4.79 Å². The number of phenols is 1. The van der Waals surface area contributed by atoms with Crippen LogP contribution in [0.5, 0.6) is 11.5 Å². The van der Waals surface area contributed by atoms with E-state index in [1.165, 1.54) is 7.11 Å². The first-order valence-corrected chi connectivity index (χ1v) is 6.84. The van der Waals surface area contributed by atoms with E-state index in [4.69, 9.17) is 44.3 Å². The molecule has 0 radical (unpaired) electrons. The Morgan fingerprint density at radius 1 is 1.15 bits per heavy atom. The van der Waals surface area contributed by atoms with Crippen LogP contribution < -0.4 is 4.74 Å². The Hall–Kier alpha value is -0.840. The summed E-state index contributed by atoms with van der Waals surface area (Å²) in [6.45, 7) is 4.65. The van der Waals surface area contributed by atoms with E-state index < -0.39 is 9.76 Å². The van der Waals surface area contributed by atoms with Gasteiger partial charge in [0, 0.05) is 5.56 Å². The van der Waals surface area contributed by atoms with Gasteiger partial charge in [0.1, 0.15) is 23.7 Å². The Labute approximate surface area is 132 Å². The summed E-state index contributed by atoms with van der Waals surface area (Å²) >= 11 is 16.6. The second-order valence-electron chi connectivity index (χ2n) is 4.32. The highest BCUT2D eigenvalue weighted by molar-refractivity contribution is 6.67. The van der Waals surface area contributed by atoms with Crippen molar-refractivity contribution in [3.05, 3.63) is 22.3 Å². The number of alkyl halides is 3. The number of aromatic hydroxyl groups is 1. The molecule has 0 unspecified atom stereocenters. The van der Waals surface area contributed by atoms with Gasteiger partial charge in [0.05, 0.1) is 7.11 Å². The smallest absolute Gasteiger partial charge is 0.342 e. The number of phenolic OH excluding ortho intramolecular Hbond substituents is 1. The van der Waals surface area contributed by atoms with Crippen LogP contribution in [0.15, 0.2) is 0 Å². The van der Waals surface area contributed by atoms with Crippen LogP contribution in [0.2, 0.25) is 0 Å². The van der Waals surface area contributed by atoms with Crippen molar-refractivity contribution >= 4 is 40.8 Å². The largest absolute Gasteiger partial charge is 0.507 e. The summed E-state index contributed by atoms with van der Waals surface area (Å²) < 4.78 is 8.47. The molecule has 0 saturated carbocycles. The van der Waals surface area contributed by atoms with Gasteiger partial charge in [0.2, 0.25) is 3.79 Å². The lowest BCUT2D eigenvalue weighted by atomic mass is 9.97. The third kappa shape index (κ3) is 3.62. The molecule has 0 spiro atoms. The van der Waals surface area contributed by atoms with Crippen molar-refractivity contribution in [2.45, 2.75) is 24.6 Å². The zero-order valence-corrected chi connectivity index (χ0v) is 13.8. The fourth-order valence-electron chi connectivity index (χ4n) is 1.83. The van der Waals surface area contributed by atoms with Gasteiger partial charge in [-0.3, -0.25) is 0 Å². The molecule has 0 aliphatic rings. The average molecular weight is 342 g/mol. The Morgan fingerprint density at radius 3 is 2.15 bits per heavy atom. The Morgan fingerprint density at radius 2 is 1.70 bits per heavy atom. The van der Waals surface area contributed by atoms with E-state index in [-0.39, 0.29) is 23.7 Å². The van der Waals surface area contributed by atoms with Crippen molar-refractivity contribution in [1.82, 2.24) is 0 Å². The van der Waals surface area contributed by atoms with E-state index in [9.17, 15) is 9.90 Å². The van der Waals surface area contributed by atoms with Crippen LogP contribution in [0, 0.1) is 20.8 Å². The number of halogens is 3. The molecule has 7 heteroatoms. The van der Waals surface area contributed by atoms with Crippen molar-refractivity contribution in [3.8, 4) is 11.5 Å². The standard InChI is InChI=1S/C13H15Cl3O4/c1-6-7(2)10(17)8(3)11(19-4)9(6)12(18)20-5-13(14,15)16/h17H,5H2,1-4H3. The topological polar surface area (TPSA) is 55.8 Å². The zero-order valence-electron chi connectivity index (χ0n) is 11.5. The fourth-order valence-corrected chi connectivity index (χ4v) is 2.00. The van der Waals surface area contributed by atoms with E-state index in [2.05, 4.69) is 0 Å². The molecular weight excluding hydrogens is 326 g/mol. The van der Waals surface area contributed by atoms with Crippen LogP contribution in [-0.2, 0) is 4.74 Å². The minimum atomic E-state index is -1.68. The molecule has 0 heterocycles. The minimum absolute atomic E-state index is 0.0808. The molecule has 20 heavy (non-hydrogen) atoms. The molecule has 0 aliphatic carbocycles. The summed E-state index contributed by atoms with van der Waals surface area (Å²) in [4.78, 5) is 12.1. The van der Waals surface area contributed by atoms with Gasteiger partial charge >= 0.3 is 5.97 Å². The van der Waals surface area contributed by atoms with E-state index >= 15 is 0 Å². The SMILES string of the molecule is COc1c(C)c(O)c(C)c(C)c1C(=O)OCC(Cl)(Cl)Cl. The van der Waals surface area contributed by atoms with Gasteiger partial charge < -0.3 is 14.6 Å². The maximum absolute atomic E-state index is 12.1. The van der Waals surface area contributed by atoms with E-state index in [0.717, 1.165) is 0 Å². The summed E-state index contributed by atoms with van der Waals surface area (Å²) in [5.74, 6) is -0.339. The molecule has 1 rings (SSSR count). The van der Waals surface area contributed by atoms with Crippen LogP contribution in [0.1, 0.15) is 27.0 Å². The van der Waals surface area contributed by atoms with Crippen LogP contribution in [-0.4, -0.2) is 28.6 Å². The molecule has 4 nitrogen and oxygen atoms in total. The predicted molar refractivity (Wildman–Crippen MR) is 79.4 cm³/mol. The summed E-state index contributed by atoms with van der Waals surface area (Å²) in [5, 5.41) is 9.97. The highest BCUT2D eigenvalue weighted by atomic mass is 35.6. The number of hydrogen-bond donors (Lipinski definition) is 1. The van der Waals surface area contributed by atoms with Crippen molar-refractivity contribution in [2.24, 2.45) is 0 Å². The predicted octanol–water partition coefficient (Wildman–Crippen LogP) is 3.85. The summed E-state index contributed by atoms with van der Waals surface area (Å²) in [6.07, 6.45) is 0. The van der Waals surface area contributed by atoms with Gasteiger partial charge in [0.15, 0.2) is 0 Å². The first kappa shape index (κ1) is 17.2. The van der Waals surface area contributed by atoms with Gasteiger partial charge in [-0.1, -0.05) is 34.8 Å². The molecule has 0 fully saturated rings. The lowest BCUT2D eigenvalue weighted by Gasteiger charge is -2.18. The van der Waals surface area contributed by atoms with E-state index in [1.807, 2.05) is 0 Å². The van der Waals surface area contributed by atoms with Gasteiger partial charge in [-0.15, -0.1) is 0 Å². The fraction of sp³-hybridized carbons (Fsp3) is 0.462. The normalized spacial score (nSPS) is 11.3. The molecule has 0 aliphatic heterocycles. The van der Waals surface area contributed by atoms with Crippen molar-refractivity contribution < 1.29 is 19.4 Å². The highest BCUT2D eigenvalue weighted by Gasteiger charge is 2.27. The minimum Gasteiger partial charge on any atom is -0.507 e. The van der Waals surface area contributed by atoms with Crippen LogP contribution in [0.25, 0.3) is 0 Å². The molecule has 0 bridgehead atoms. The quantitative estimate of drug-likeness (QED) is 0.670. The number of esters is 1. The highest BCUT2D eigenvalue weighted by Crippen LogP contribution is 2.38. The maximum atomic E-state index is 12.1. The van der Waals surface area contributed by atoms with Crippen LogP contribution in [0.4, 0.5) is 0 Å². The first-order valence-electron chi connectivity index (χ1n) is 5.70. The second kappa shape index (κ2) is 6.29. The van der Waals surface area contributed by atoms with Gasteiger partial charge in [0.25, 0.3) is 0 Å². The molecule has 0 aromatic heterocycles. The number of benzene rings is 1. The van der Waals surface area contributed by atoms with Crippen molar-refractivity contribution in [3.63, 3.8) is 0 Å². The Kier molecular flexibility index (Phi) is 5.41. The molecule has 0 atom stereocenters. The van der Waals surface area contributed by atoms with Gasteiger partial charge in [-0.05, 0) is 31.9 Å². The van der Waals surface area contributed by atoms with Crippen molar-refractivity contribution in [1.29, 1.82) is 0 Å². The first-order chi connectivity index (χ1) is 9.10. The molecule has 1 aromatic carbocycles. The third-order valence-electron chi connectivity index (χ3n) is 2.99.